The molecule has 2 aromatic heterocycles. The normalized spacial score (nSPS) is 16.5. The number of hydrogen-bond donors (Lipinski definition) is 1. The lowest BCUT2D eigenvalue weighted by Crippen LogP contribution is -2.40. The summed E-state index contributed by atoms with van der Waals surface area (Å²) in [5.41, 5.74) is 2.38. The van der Waals surface area contributed by atoms with Gasteiger partial charge in [0.05, 0.1) is 32.7 Å². The molecule has 1 aliphatic rings. The van der Waals surface area contributed by atoms with Crippen LogP contribution in [-0.2, 0) is 0 Å². The van der Waals surface area contributed by atoms with Crippen molar-refractivity contribution in [3.05, 3.63) is 69.3 Å². The molecule has 1 aromatic carbocycles. The average Bonchev–Trinajstić information content (AvgIpc) is 3.33. The number of thiophene rings is 1. The Hall–Kier alpha value is -2.64. The Kier molecular flexibility index (Phi) is 5.92. The Bertz CT molecular complexity index is 1090. The molecule has 1 fully saturated rings. The van der Waals surface area contributed by atoms with Gasteiger partial charge in [-0.3, -0.25) is 14.3 Å². The molecule has 1 saturated heterocycles. The van der Waals surface area contributed by atoms with Gasteiger partial charge in [-0.2, -0.15) is 5.10 Å². The quantitative estimate of drug-likeness (QED) is 0.622. The number of nitrogens with zero attached hydrogens (tertiary/aromatic N) is 3. The molecule has 6 nitrogen and oxygen atoms in total. The van der Waals surface area contributed by atoms with Crippen LogP contribution in [0.5, 0.6) is 0 Å². The predicted molar refractivity (Wildman–Crippen MR) is 120 cm³/mol. The molecule has 1 aliphatic heterocycles. The van der Waals surface area contributed by atoms with Gasteiger partial charge in [0.2, 0.25) is 0 Å². The van der Waals surface area contributed by atoms with E-state index in [1.54, 1.807) is 24.3 Å². The van der Waals surface area contributed by atoms with Gasteiger partial charge in [-0.25, -0.2) is 0 Å². The maximum absolute atomic E-state index is 13.2. The fraction of sp³-hybridized carbons (Fsp3) is 0.318. The molecule has 1 N–H and O–H groups in total. The zero-order valence-corrected chi connectivity index (χ0v) is 18.5. The minimum atomic E-state index is -0.284. The summed E-state index contributed by atoms with van der Waals surface area (Å²) in [6.07, 6.45) is 5.82. The van der Waals surface area contributed by atoms with E-state index in [1.807, 2.05) is 41.9 Å². The lowest BCUT2D eigenvalue weighted by Gasteiger charge is -2.32. The van der Waals surface area contributed by atoms with Gasteiger partial charge in [0.25, 0.3) is 11.8 Å². The first-order chi connectivity index (χ1) is 14.4. The third-order valence-electron chi connectivity index (χ3n) is 5.26. The Balaban J connectivity index is 1.48. The number of amides is 2. The lowest BCUT2D eigenvalue weighted by atomic mass is 10.1. The van der Waals surface area contributed by atoms with Crippen molar-refractivity contribution in [2.75, 3.05) is 18.4 Å². The van der Waals surface area contributed by atoms with Crippen molar-refractivity contribution in [2.45, 2.75) is 32.7 Å². The van der Waals surface area contributed by atoms with Crippen LogP contribution in [0.3, 0.4) is 0 Å². The summed E-state index contributed by atoms with van der Waals surface area (Å²) in [6.45, 7) is 5.28. The second-order valence-corrected chi connectivity index (χ2v) is 9.06. The number of piperidine rings is 1. The van der Waals surface area contributed by atoms with E-state index >= 15 is 0 Å². The molecule has 3 heterocycles. The molecule has 4 rings (SSSR count). The monoisotopic (exact) mass is 442 g/mol. The Morgan fingerprint density at radius 3 is 2.80 bits per heavy atom. The zero-order chi connectivity index (χ0) is 21.3. The Morgan fingerprint density at radius 1 is 1.27 bits per heavy atom. The first kappa shape index (κ1) is 20.6. The van der Waals surface area contributed by atoms with Crippen LogP contribution < -0.4 is 5.32 Å². The fourth-order valence-corrected chi connectivity index (χ4v) is 4.97. The maximum atomic E-state index is 13.2. The van der Waals surface area contributed by atoms with Crippen LogP contribution in [0, 0.1) is 13.8 Å². The van der Waals surface area contributed by atoms with Gasteiger partial charge in [0.15, 0.2) is 0 Å². The molecule has 0 radical (unpaired) electrons. The summed E-state index contributed by atoms with van der Waals surface area (Å²) >= 11 is 7.42. The van der Waals surface area contributed by atoms with Crippen molar-refractivity contribution in [1.82, 2.24) is 14.7 Å². The van der Waals surface area contributed by atoms with Gasteiger partial charge < -0.3 is 10.2 Å². The van der Waals surface area contributed by atoms with E-state index in [0.29, 0.717) is 27.0 Å². The number of anilines is 1. The van der Waals surface area contributed by atoms with E-state index in [1.165, 1.54) is 11.3 Å². The third kappa shape index (κ3) is 4.27. The Labute approximate surface area is 184 Å². The van der Waals surface area contributed by atoms with Crippen molar-refractivity contribution in [1.29, 1.82) is 0 Å². The molecule has 0 bridgehead atoms. The van der Waals surface area contributed by atoms with Crippen molar-refractivity contribution in [2.24, 2.45) is 0 Å². The van der Waals surface area contributed by atoms with Crippen LogP contribution in [0.15, 0.2) is 42.7 Å². The van der Waals surface area contributed by atoms with Crippen molar-refractivity contribution in [3.8, 4) is 0 Å². The zero-order valence-electron chi connectivity index (χ0n) is 16.9. The van der Waals surface area contributed by atoms with Crippen LogP contribution >= 0.6 is 22.9 Å². The van der Waals surface area contributed by atoms with Gasteiger partial charge in [-0.05, 0) is 56.0 Å². The van der Waals surface area contributed by atoms with E-state index in [-0.39, 0.29) is 17.9 Å². The minimum Gasteiger partial charge on any atom is -0.336 e. The summed E-state index contributed by atoms with van der Waals surface area (Å²) in [4.78, 5) is 28.3. The fourth-order valence-electron chi connectivity index (χ4n) is 3.71. The van der Waals surface area contributed by atoms with E-state index in [2.05, 4.69) is 10.4 Å². The number of benzene rings is 1. The molecule has 1 atom stereocenters. The standard InChI is InChI=1S/C22H23ClN4O2S/c1-14-11-24-27(12-14)16-6-5-9-26(13-16)22(29)20-15(2)10-19(30-20)25-21(28)17-7-3-4-8-18(17)23/h3-4,7-8,10-12,16H,5-6,9,13H2,1-2H3,(H,25,28). The lowest BCUT2D eigenvalue weighted by molar-refractivity contribution is 0.0677. The SMILES string of the molecule is Cc1cnn(C2CCCN(C(=O)c3sc(NC(=O)c4ccccc4Cl)cc3C)C2)c1. The molecule has 0 aliphatic carbocycles. The summed E-state index contributed by atoms with van der Waals surface area (Å²) in [6, 6.07) is 8.93. The highest BCUT2D eigenvalue weighted by Crippen LogP contribution is 2.31. The van der Waals surface area contributed by atoms with Crippen LogP contribution in [-0.4, -0.2) is 39.6 Å². The first-order valence-corrected chi connectivity index (χ1v) is 11.1. The number of likely N-dealkylation sites (tertiary alicyclic amines) is 1. The molecular weight excluding hydrogens is 420 g/mol. The number of carbonyl (C=O) groups is 2. The average molecular weight is 443 g/mol. The number of aromatic nitrogens is 2. The van der Waals surface area contributed by atoms with E-state index in [4.69, 9.17) is 11.6 Å². The number of nitrogens with one attached hydrogen (secondary N) is 1. The molecule has 0 spiro atoms. The summed E-state index contributed by atoms with van der Waals surface area (Å²) in [5.74, 6) is -0.280. The van der Waals surface area contributed by atoms with Gasteiger partial charge >= 0.3 is 0 Å². The topological polar surface area (TPSA) is 67.2 Å². The number of carbonyl (C=O) groups excluding carboxylic acids is 2. The molecule has 8 heteroatoms. The highest BCUT2D eigenvalue weighted by Gasteiger charge is 2.28. The smallest absolute Gasteiger partial charge is 0.264 e. The molecule has 0 saturated carbocycles. The van der Waals surface area contributed by atoms with Gasteiger partial charge in [0, 0.05) is 19.3 Å². The van der Waals surface area contributed by atoms with Crippen molar-refractivity contribution >= 4 is 39.8 Å². The molecule has 156 valence electrons. The highest BCUT2D eigenvalue weighted by atomic mass is 35.5. The summed E-state index contributed by atoms with van der Waals surface area (Å²) in [7, 11) is 0. The summed E-state index contributed by atoms with van der Waals surface area (Å²) < 4.78 is 1.96. The number of hydrogen-bond acceptors (Lipinski definition) is 4. The van der Waals surface area contributed by atoms with Gasteiger partial charge in [-0.15, -0.1) is 11.3 Å². The number of aryl methyl sites for hydroxylation is 2. The van der Waals surface area contributed by atoms with Gasteiger partial charge in [0.1, 0.15) is 0 Å². The molecular formula is C22H23ClN4O2S. The first-order valence-electron chi connectivity index (χ1n) is 9.88. The minimum absolute atomic E-state index is 0.00400. The van der Waals surface area contributed by atoms with Crippen molar-refractivity contribution in [3.63, 3.8) is 0 Å². The van der Waals surface area contributed by atoms with Crippen molar-refractivity contribution < 1.29 is 9.59 Å². The number of halogens is 1. The molecule has 1 unspecified atom stereocenters. The van der Waals surface area contributed by atoms with Crippen LogP contribution in [0.4, 0.5) is 5.00 Å². The van der Waals surface area contributed by atoms with Crippen LogP contribution in [0.25, 0.3) is 0 Å². The second kappa shape index (κ2) is 8.62. The van der Waals surface area contributed by atoms with Crippen LogP contribution in [0.2, 0.25) is 5.02 Å². The molecule has 30 heavy (non-hydrogen) atoms. The molecule has 2 amide bonds. The molecule has 3 aromatic rings. The summed E-state index contributed by atoms with van der Waals surface area (Å²) in [5, 5.41) is 8.32. The van der Waals surface area contributed by atoms with E-state index in [9.17, 15) is 9.59 Å². The largest absolute Gasteiger partial charge is 0.336 e. The van der Waals surface area contributed by atoms with Gasteiger partial charge in [-0.1, -0.05) is 23.7 Å². The predicted octanol–water partition coefficient (Wildman–Crippen LogP) is 4.94. The van der Waals surface area contributed by atoms with Crippen LogP contribution in [0.1, 0.15) is 50.0 Å². The highest BCUT2D eigenvalue weighted by molar-refractivity contribution is 7.18. The van der Waals surface area contributed by atoms with E-state index in [0.717, 1.165) is 30.5 Å². The number of rotatable bonds is 4. The second-order valence-electron chi connectivity index (χ2n) is 7.60. The maximum Gasteiger partial charge on any atom is 0.264 e. The third-order valence-corrected chi connectivity index (χ3v) is 6.73. The Morgan fingerprint density at radius 2 is 2.07 bits per heavy atom. The van der Waals surface area contributed by atoms with E-state index < -0.39 is 0 Å².